The van der Waals surface area contributed by atoms with Gasteiger partial charge >= 0.3 is 0 Å². The highest BCUT2D eigenvalue weighted by molar-refractivity contribution is 5.95. The van der Waals surface area contributed by atoms with Crippen LogP contribution in [0, 0.1) is 13.8 Å². The zero-order valence-electron chi connectivity index (χ0n) is 13.8. The van der Waals surface area contributed by atoms with E-state index < -0.39 is 0 Å². The first-order valence-corrected chi connectivity index (χ1v) is 8.22. The molecule has 0 aliphatic carbocycles. The number of nitrogens with zero attached hydrogens (tertiary/aromatic N) is 2. The third-order valence-corrected chi connectivity index (χ3v) is 4.42. The molecular weight excluding hydrogens is 286 g/mol. The van der Waals surface area contributed by atoms with Gasteiger partial charge in [0.2, 0.25) is 0 Å². The maximum absolute atomic E-state index is 12.6. The Labute approximate surface area is 137 Å². The number of nitrogens with one attached hydrogen (secondary N) is 1. The fourth-order valence-electron chi connectivity index (χ4n) is 2.89. The van der Waals surface area contributed by atoms with E-state index in [9.17, 15) is 4.79 Å². The van der Waals surface area contributed by atoms with E-state index in [1.54, 1.807) is 12.4 Å². The van der Waals surface area contributed by atoms with Crippen molar-refractivity contribution in [2.75, 3.05) is 18.4 Å². The van der Waals surface area contributed by atoms with Crippen LogP contribution in [0.3, 0.4) is 0 Å². The van der Waals surface area contributed by atoms with Crippen LogP contribution in [0.5, 0.6) is 0 Å². The molecule has 1 amide bonds. The van der Waals surface area contributed by atoms with Crippen molar-refractivity contribution in [3.63, 3.8) is 0 Å². The number of amides is 1. The SMILES string of the molecule is Cc1ccc(Nc2cncc(C(=O)N3CCCCC3)c2)cc1C. The van der Waals surface area contributed by atoms with Crippen molar-refractivity contribution in [3.8, 4) is 0 Å². The summed E-state index contributed by atoms with van der Waals surface area (Å²) in [4.78, 5) is 18.7. The molecule has 0 spiro atoms. The molecule has 3 rings (SSSR count). The summed E-state index contributed by atoms with van der Waals surface area (Å²) in [5, 5.41) is 3.34. The summed E-state index contributed by atoms with van der Waals surface area (Å²) in [6.45, 7) is 5.90. The quantitative estimate of drug-likeness (QED) is 0.929. The average Bonchev–Trinajstić information content (AvgIpc) is 2.58. The normalized spacial score (nSPS) is 14.6. The lowest BCUT2D eigenvalue weighted by molar-refractivity contribution is 0.0724. The number of piperidine rings is 1. The van der Waals surface area contributed by atoms with Crippen LogP contribution in [0.2, 0.25) is 0 Å². The van der Waals surface area contributed by atoms with Crippen molar-refractivity contribution in [1.29, 1.82) is 0 Å². The second-order valence-corrected chi connectivity index (χ2v) is 6.24. The summed E-state index contributed by atoms with van der Waals surface area (Å²) in [7, 11) is 0. The molecule has 4 nitrogen and oxygen atoms in total. The van der Waals surface area contributed by atoms with Gasteiger partial charge in [0.05, 0.1) is 17.4 Å². The van der Waals surface area contributed by atoms with Crippen molar-refractivity contribution in [2.45, 2.75) is 33.1 Å². The van der Waals surface area contributed by atoms with Gasteiger partial charge in [-0.25, -0.2) is 0 Å². The average molecular weight is 309 g/mol. The Morgan fingerprint density at radius 2 is 1.78 bits per heavy atom. The number of rotatable bonds is 3. The number of benzene rings is 1. The van der Waals surface area contributed by atoms with Gasteiger partial charge < -0.3 is 10.2 Å². The Bertz CT molecular complexity index is 706. The minimum absolute atomic E-state index is 0.0842. The van der Waals surface area contributed by atoms with Gasteiger partial charge in [0.25, 0.3) is 5.91 Å². The molecule has 120 valence electrons. The summed E-state index contributed by atoms with van der Waals surface area (Å²) in [5.41, 5.74) is 5.01. The molecule has 1 aliphatic rings. The number of carbonyl (C=O) groups excluding carboxylic acids is 1. The molecule has 2 heterocycles. The third kappa shape index (κ3) is 3.70. The number of aromatic nitrogens is 1. The summed E-state index contributed by atoms with van der Waals surface area (Å²) in [6.07, 6.45) is 6.82. The minimum atomic E-state index is 0.0842. The summed E-state index contributed by atoms with van der Waals surface area (Å²) >= 11 is 0. The van der Waals surface area contributed by atoms with E-state index in [4.69, 9.17) is 0 Å². The summed E-state index contributed by atoms with van der Waals surface area (Å²) in [5.74, 6) is 0.0842. The molecule has 4 heteroatoms. The Hall–Kier alpha value is -2.36. The first kappa shape index (κ1) is 15.5. The van der Waals surface area contributed by atoms with Crippen LogP contribution in [0.15, 0.2) is 36.7 Å². The number of aryl methyl sites for hydroxylation is 2. The van der Waals surface area contributed by atoms with Crippen molar-refractivity contribution in [3.05, 3.63) is 53.3 Å². The van der Waals surface area contributed by atoms with Gasteiger partial charge in [-0.2, -0.15) is 0 Å². The van der Waals surface area contributed by atoms with Gasteiger partial charge in [-0.15, -0.1) is 0 Å². The van der Waals surface area contributed by atoms with Gasteiger partial charge in [-0.3, -0.25) is 9.78 Å². The van der Waals surface area contributed by atoms with Crippen LogP contribution in [0.25, 0.3) is 0 Å². The lowest BCUT2D eigenvalue weighted by Crippen LogP contribution is -2.35. The molecule has 2 aromatic rings. The van der Waals surface area contributed by atoms with Gasteiger partial charge in [0.15, 0.2) is 0 Å². The zero-order chi connectivity index (χ0) is 16.2. The number of pyridine rings is 1. The van der Waals surface area contributed by atoms with Crippen molar-refractivity contribution >= 4 is 17.3 Å². The smallest absolute Gasteiger partial charge is 0.255 e. The number of anilines is 2. The van der Waals surface area contributed by atoms with E-state index in [0.29, 0.717) is 5.56 Å². The lowest BCUT2D eigenvalue weighted by atomic mass is 10.1. The topological polar surface area (TPSA) is 45.2 Å². The van der Waals surface area contributed by atoms with E-state index in [-0.39, 0.29) is 5.91 Å². The number of hydrogen-bond acceptors (Lipinski definition) is 3. The molecule has 1 aliphatic heterocycles. The Morgan fingerprint density at radius 1 is 1.00 bits per heavy atom. The molecule has 0 atom stereocenters. The van der Waals surface area contributed by atoms with Crippen molar-refractivity contribution in [1.82, 2.24) is 9.88 Å². The lowest BCUT2D eigenvalue weighted by Gasteiger charge is -2.26. The zero-order valence-corrected chi connectivity index (χ0v) is 13.8. The predicted octanol–water partition coefficient (Wildman–Crippen LogP) is 4.07. The third-order valence-electron chi connectivity index (χ3n) is 4.42. The molecule has 0 bridgehead atoms. The Kier molecular flexibility index (Phi) is 4.60. The maximum atomic E-state index is 12.6. The molecule has 1 saturated heterocycles. The molecular formula is C19H23N3O. The molecule has 0 radical (unpaired) electrons. The monoisotopic (exact) mass is 309 g/mol. The molecule has 0 saturated carbocycles. The second-order valence-electron chi connectivity index (χ2n) is 6.24. The highest BCUT2D eigenvalue weighted by atomic mass is 16.2. The fraction of sp³-hybridized carbons (Fsp3) is 0.368. The van der Waals surface area contributed by atoms with E-state index in [2.05, 4.69) is 36.3 Å². The van der Waals surface area contributed by atoms with E-state index >= 15 is 0 Å². The van der Waals surface area contributed by atoms with Crippen LogP contribution >= 0.6 is 0 Å². The molecule has 23 heavy (non-hydrogen) atoms. The number of likely N-dealkylation sites (tertiary alicyclic amines) is 1. The van der Waals surface area contributed by atoms with Gasteiger partial charge in [0.1, 0.15) is 0 Å². The van der Waals surface area contributed by atoms with Crippen molar-refractivity contribution in [2.24, 2.45) is 0 Å². The summed E-state index contributed by atoms with van der Waals surface area (Å²) in [6, 6.07) is 8.13. The summed E-state index contributed by atoms with van der Waals surface area (Å²) < 4.78 is 0. The number of carbonyl (C=O) groups is 1. The maximum Gasteiger partial charge on any atom is 0.255 e. The van der Waals surface area contributed by atoms with Gasteiger partial charge in [0, 0.05) is 25.0 Å². The van der Waals surface area contributed by atoms with E-state index in [0.717, 1.165) is 37.3 Å². The highest BCUT2D eigenvalue weighted by Gasteiger charge is 2.18. The second kappa shape index (κ2) is 6.82. The highest BCUT2D eigenvalue weighted by Crippen LogP contribution is 2.21. The molecule has 1 aromatic carbocycles. The van der Waals surface area contributed by atoms with Crippen LogP contribution in [0.4, 0.5) is 11.4 Å². The number of hydrogen-bond donors (Lipinski definition) is 1. The van der Waals surface area contributed by atoms with Crippen LogP contribution in [0.1, 0.15) is 40.7 Å². The van der Waals surface area contributed by atoms with Crippen molar-refractivity contribution < 1.29 is 4.79 Å². The Morgan fingerprint density at radius 3 is 2.52 bits per heavy atom. The fourth-order valence-corrected chi connectivity index (χ4v) is 2.89. The largest absolute Gasteiger partial charge is 0.354 e. The molecule has 1 aromatic heterocycles. The first-order valence-electron chi connectivity index (χ1n) is 8.22. The van der Waals surface area contributed by atoms with Crippen LogP contribution < -0.4 is 5.32 Å². The van der Waals surface area contributed by atoms with E-state index in [1.807, 2.05) is 17.0 Å². The Balaban J connectivity index is 1.76. The standard InChI is InChI=1S/C19H23N3O/c1-14-6-7-17(10-15(14)2)21-18-11-16(12-20-13-18)19(23)22-8-4-3-5-9-22/h6-7,10-13,21H,3-5,8-9H2,1-2H3. The van der Waals surface area contributed by atoms with Gasteiger partial charge in [-0.05, 0) is 62.4 Å². The first-order chi connectivity index (χ1) is 11.1. The van der Waals surface area contributed by atoms with Crippen LogP contribution in [-0.4, -0.2) is 28.9 Å². The molecule has 1 fully saturated rings. The molecule has 1 N–H and O–H groups in total. The predicted molar refractivity (Wildman–Crippen MR) is 93.2 cm³/mol. The van der Waals surface area contributed by atoms with E-state index in [1.165, 1.54) is 17.5 Å². The molecule has 0 unspecified atom stereocenters. The minimum Gasteiger partial charge on any atom is -0.354 e. The van der Waals surface area contributed by atoms with Gasteiger partial charge in [-0.1, -0.05) is 6.07 Å². The van der Waals surface area contributed by atoms with Crippen LogP contribution in [-0.2, 0) is 0 Å².